The molecule has 0 aliphatic carbocycles. The highest BCUT2D eigenvalue weighted by atomic mass is 35.5. The van der Waals surface area contributed by atoms with Crippen LogP contribution in [0.2, 0.25) is 10.2 Å². The van der Waals surface area contributed by atoms with Gasteiger partial charge < -0.3 is 0 Å². The molecular weight excluding hydrogens is 243 g/mol. The smallest absolute Gasteiger partial charge is 0.129 e. The third-order valence-electron chi connectivity index (χ3n) is 2.74. The first-order chi connectivity index (χ1) is 7.54. The maximum atomic E-state index is 6.07. The van der Waals surface area contributed by atoms with Crippen LogP contribution in [0.25, 0.3) is 0 Å². The van der Waals surface area contributed by atoms with Gasteiger partial charge in [-0.3, -0.25) is 4.90 Å². The van der Waals surface area contributed by atoms with Gasteiger partial charge in [-0.05, 0) is 32.5 Å². The van der Waals surface area contributed by atoms with Gasteiger partial charge in [-0.15, -0.1) is 0 Å². The molecule has 0 fully saturated rings. The van der Waals surface area contributed by atoms with Crippen molar-refractivity contribution in [2.24, 2.45) is 0 Å². The van der Waals surface area contributed by atoms with Gasteiger partial charge in [-0.1, -0.05) is 36.5 Å². The summed E-state index contributed by atoms with van der Waals surface area (Å²) >= 11 is 11.9. The summed E-state index contributed by atoms with van der Waals surface area (Å²) in [5, 5.41) is 1.18. The molecule has 1 aromatic heterocycles. The van der Waals surface area contributed by atoms with E-state index in [9.17, 15) is 0 Å². The first-order valence-corrected chi connectivity index (χ1v) is 6.31. The Morgan fingerprint density at radius 1 is 1.38 bits per heavy atom. The zero-order chi connectivity index (χ0) is 12.1. The van der Waals surface area contributed by atoms with E-state index >= 15 is 0 Å². The molecule has 1 heterocycles. The van der Waals surface area contributed by atoms with Crippen LogP contribution in [0.4, 0.5) is 0 Å². The van der Waals surface area contributed by atoms with Crippen LogP contribution in [0.5, 0.6) is 0 Å². The van der Waals surface area contributed by atoms with Crippen LogP contribution < -0.4 is 0 Å². The van der Waals surface area contributed by atoms with E-state index in [2.05, 4.69) is 30.8 Å². The number of hydrogen-bond acceptors (Lipinski definition) is 2. The van der Waals surface area contributed by atoms with Gasteiger partial charge in [-0.25, -0.2) is 4.98 Å². The molecule has 0 spiro atoms. The second kappa shape index (κ2) is 6.43. The molecule has 0 saturated carbocycles. The third kappa shape index (κ3) is 3.93. The van der Waals surface area contributed by atoms with Crippen LogP contribution >= 0.6 is 23.2 Å². The minimum Gasteiger partial charge on any atom is -0.298 e. The molecule has 2 nitrogen and oxygen atoms in total. The lowest BCUT2D eigenvalue weighted by Crippen LogP contribution is -2.28. The number of aromatic nitrogens is 1. The molecular formula is C12H18Cl2N2. The second-order valence-electron chi connectivity index (χ2n) is 4.12. The van der Waals surface area contributed by atoms with Crippen LogP contribution in [0, 0.1) is 0 Å². The molecule has 0 aliphatic heterocycles. The highest BCUT2D eigenvalue weighted by Gasteiger charge is 2.11. The molecule has 4 heteroatoms. The minimum atomic E-state index is 0.496. The molecule has 0 aromatic carbocycles. The van der Waals surface area contributed by atoms with Crippen LogP contribution in [0.15, 0.2) is 12.1 Å². The Balaban J connectivity index is 2.68. The molecule has 1 rings (SSSR count). The standard InChI is InChI=1S/C12H18Cl2N2/c1-4-5-9(2)16(3)8-11-10(13)6-7-12(14)15-11/h6-7,9H,4-5,8H2,1-3H3. The number of halogens is 2. The number of pyridine rings is 1. The Morgan fingerprint density at radius 2 is 2.06 bits per heavy atom. The molecule has 0 bridgehead atoms. The van der Waals surface area contributed by atoms with Crippen molar-refractivity contribution in [2.75, 3.05) is 7.05 Å². The van der Waals surface area contributed by atoms with Gasteiger partial charge >= 0.3 is 0 Å². The summed E-state index contributed by atoms with van der Waals surface area (Å²) in [5.41, 5.74) is 0.847. The highest BCUT2D eigenvalue weighted by molar-refractivity contribution is 6.32. The first-order valence-electron chi connectivity index (χ1n) is 5.55. The molecule has 1 unspecified atom stereocenters. The molecule has 0 aliphatic rings. The fraction of sp³-hybridized carbons (Fsp3) is 0.583. The molecule has 0 saturated heterocycles. The summed E-state index contributed by atoms with van der Waals surface area (Å²) in [6.45, 7) is 5.14. The maximum absolute atomic E-state index is 6.07. The van der Waals surface area contributed by atoms with Crippen molar-refractivity contribution >= 4 is 23.2 Å². The normalized spacial score (nSPS) is 13.1. The zero-order valence-electron chi connectivity index (χ0n) is 10.0. The summed E-state index contributed by atoms with van der Waals surface area (Å²) in [4.78, 5) is 6.49. The van der Waals surface area contributed by atoms with Crippen LogP contribution in [0.3, 0.4) is 0 Å². The third-order valence-corrected chi connectivity index (χ3v) is 3.30. The predicted octanol–water partition coefficient (Wildman–Crippen LogP) is 4.01. The van der Waals surface area contributed by atoms with E-state index in [-0.39, 0.29) is 0 Å². The van der Waals surface area contributed by atoms with Gasteiger partial charge in [0, 0.05) is 12.6 Å². The number of nitrogens with zero attached hydrogens (tertiary/aromatic N) is 2. The second-order valence-corrected chi connectivity index (χ2v) is 4.91. The molecule has 1 aromatic rings. The van der Waals surface area contributed by atoms with Crippen molar-refractivity contribution in [3.05, 3.63) is 28.0 Å². The van der Waals surface area contributed by atoms with Gasteiger partial charge in [0.05, 0.1) is 10.7 Å². The molecule has 0 amide bonds. The number of rotatable bonds is 5. The summed E-state index contributed by atoms with van der Waals surface area (Å²) in [6.07, 6.45) is 2.36. The maximum Gasteiger partial charge on any atom is 0.129 e. The molecule has 90 valence electrons. The van der Waals surface area contributed by atoms with Crippen LogP contribution in [-0.2, 0) is 6.54 Å². The van der Waals surface area contributed by atoms with Crippen molar-refractivity contribution in [1.29, 1.82) is 0 Å². The van der Waals surface area contributed by atoms with E-state index in [4.69, 9.17) is 23.2 Å². The van der Waals surface area contributed by atoms with Crippen molar-refractivity contribution in [1.82, 2.24) is 9.88 Å². The molecule has 0 radical (unpaired) electrons. The quantitative estimate of drug-likeness (QED) is 0.744. The van der Waals surface area contributed by atoms with Gasteiger partial charge in [0.15, 0.2) is 0 Å². The zero-order valence-corrected chi connectivity index (χ0v) is 11.5. The summed E-state index contributed by atoms with van der Waals surface area (Å²) < 4.78 is 0. The van der Waals surface area contributed by atoms with E-state index in [0.29, 0.717) is 16.2 Å². The van der Waals surface area contributed by atoms with Crippen molar-refractivity contribution < 1.29 is 0 Å². The van der Waals surface area contributed by atoms with E-state index in [1.54, 1.807) is 12.1 Å². The van der Waals surface area contributed by atoms with E-state index in [1.807, 2.05) is 0 Å². The topological polar surface area (TPSA) is 16.1 Å². The fourth-order valence-corrected chi connectivity index (χ4v) is 1.93. The molecule has 1 atom stereocenters. The number of hydrogen-bond donors (Lipinski definition) is 0. The first kappa shape index (κ1) is 13.8. The lowest BCUT2D eigenvalue weighted by molar-refractivity contribution is 0.234. The average molecular weight is 261 g/mol. The Kier molecular flexibility index (Phi) is 5.53. The van der Waals surface area contributed by atoms with Gasteiger partial charge in [-0.2, -0.15) is 0 Å². The van der Waals surface area contributed by atoms with Gasteiger partial charge in [0.2, 0.25) is 0 Å². The van der Waals surface area contributed by atoms with Crippen molar-refractivity contribution in [2.45, 2.75) is 39.3 Å². The van der Waals surface area contributed by atoms with Crippen molar-refractivity contribution in [3.8, 4) is 0 Å². The Bertz CT molecular complexity index is 342. The highest BCUT2D eigenvalue weighted by Crippen LogP contribution is 2.19. The van der Waals surface area contributed by atoms with Gasteiger partial charge in [0.1, 0.15) is 5.15 Å². The largest absolute Gasteiger partial charge is 0.298 e. The fourth-order valence-electron chi connectivity index (χ4n) is 1.60. The van der Waals surface area contributed by atoms with Crippen LogP contribution in [0.1, 0.15) is 32.4 Å². The van der Waals surface area contributed by atoms with Gasteiger partial charge in [0.25, 0.3) is 0 Å². The lowest BCUT2D eigenvalue weighted by atomic mass is 10.1. The van der Waals surface area contributed by atoms with Crippen molar-refractivity contribution in [3.63, 3.8) is 0 Å². The Labute approximate surface area is 108 Å². The minimum absolute atomic E-state index is 0.496. The lowest BCUT2D eigenvalue weighted by Gasteiger charge is -2.24. The summed E-state index contributed by atoms with van der Waals surface area (Å²) in [6, 6.07) is 4.04. The molecule has 16 heavy (non-hydrogen) atoms. The Morgan fingerprint density at radius 3 is 2.69 bits per heavy atom. The monoisotopic (exact) mass is 260 g/mol. The van der Waals surface area contributed by atoms with E-state index < -0.39 is 0 Å². The average Bonchev–Trinajstić information content (AvgIpc) is 2.23. The predicted molar refractivity (Wildman–Crippen MR) is 70.1 cm³/mol. The molecule has 0 N–H and O–H groups in total. The van der Waals surface area contributed by atoms with E-state index in [1.165, 1.54) is 12.8 Å². The SMILES string of the molecule is CCCC(C)N(C)Cc1nc(Cl)ccc1Cl. The summed E-state index contributed by atoms with van der Waals surface area (Å²) in [7, 11) is 2.08. The van der Waals surface area contributed by atoms with Crippen LogP contribution in [-0.4, -0.2) is 23.0 Å². The van der Waals surface area contributed by atoms with E-state index in [0.717, 1.165) is 12.2 Å². The Hall–Kier alpha value is -0.310. The summed E-state index contributed by atoms with van der Waals surface area (Å²) in [5.74, 6) is 0.